The van der Waals surface area contributed by atoms with Crippen LogP contribution < -0.4 is 0 Å². The van der Waals surface area contributed by atoms with Crippen molar-refractivity contribution >= 4 is 25.8 Å². The lowest BCUT2D eigenvalue weighted by atomic mass is 10.1. The van der Waals surface area contributed by atoms with Crippen molar-refractivity contribution in [2.75, 3.05) is 25.6 Å². The quantitative estimate of drug-likeness (QED) is 0.793. The third kappa shape index (κ3) is 6.19. The predicted octanol–water partition coefficient (Wildman–Crippen LogP) is 2.19. The van der Waals surface area contributed by atoms with E-state index in [1.807, 2.05) is 13.1 Å². The normalized spacial score (nSPS) is 11.5. The molecule has 0 amide bonds. The summed E-state index contributed by atoms with van der Waals surface area (Å²) in [5.41, 5.74) is 1.70. The Morgan fingerprint density at radius 2 is 2.11 bits per heavy atom. The third-order valence-corrected chi connectivity index (χ3v) is 4.45. The number of hydrogen-bond donors (Lipinski definition) is 0. The maximum atomic E-state index is 11.0. The molecule has 0 radical (unpaired) electrons. The van der Waals surface area contributed by atoms with Gasteiger partial charge in [-0.2, -0.15) is 5.26 Å². The van der Waals surface area contributed by atoms with Crippen LogP contribution in [0.15, 0.2) is 22.7 Å². The summed E-state index contributed by atoms with van der Waals surface area (Å²) in [7, 11) is -0.930. The maximum absolute atomic E-state index is 11.0. The van der Waals surface area contributed by atoms with Crippen LogP contribution in [0.5, 0.6) is 0 Å². The molecule has 104 valence electrons. The second-order valence-corrected chi connectivity index (χ2v) is 7.75. The standard InChI is InChI=1S/C13H17BrN2O2S/c1-16(6-3-7-19(2,17)18)10-12-5-4-11(9-15)8-13(12)14/h4-5,8H,3,6-7,10H2,1-2H3. The van der Waals surface area contributed by atoms with Gasteiger partial charge in [-0.05, 0) is 37.7 Å². The number of halogens is 1. The van der Waals surface area contributed by atoms with Crippen molar-refractivity contribution in [3.63, 3.8) is 0 Å². The van der Waals surface area contributed by atoms with Crippen LogP contribution in [0, 0.1) is 11.3 Å². The number of benzene rings is 1. The molecule has 0 fully saturated rings. The van der Waals surface area contributed by atoms with E-state index in [1.54, 1.807) is 12.1 Å². The molecule has 0 saturated heterocycles. The first-order chi connectivity index (χ1) is 8.81. The lowest BCUT2D eigenvalue weighted by molar-refractivity contribution is 0.327. The zero-order valence-electron chi connectivity index (χ0n) is 11.1. The monoisotopic (exact) mass is 344 g/mol. The second-order valence-electron chi connectivity index (χ2n) is 4.64. The average molecular weight is 345 g/mol. The lowest BCUT2D eigenvalue weighted by Crippen LogP contribution is -2.21. The Morgan fingerprint density at radius 1 is 1.42 bits per heavy atom. The first-order valence-electron chi connectivity index (χ1n) is 5.86. The van der Waals surface area contributed by atoms with Gasteiger partial charge in [0, 0.05) is 17.3 Å². The molecule has 0 aliphatic rings. The molecule has 6 heteroatoms. The molecule has 1 rings (SSSR count). The molecule has 19 heavy (non-hydrogen) atoms. The van der Waals surface area contributed by atoms with Crippen molar-refractivity contribution in [3.05, 3.63) is 33.8 Å². The number of sulfone groups is 1. The van der Waals surface area contributed by atoms with Crippen LogP contribution in [0.2, 0.25) is 0 Å². The molecule has 0 aliphatic heterocycles. The highest BCUT2D eigenvalue weighted by Crippen LogP contribution is 2.19. The minimum absolute atomic E-state index is 0.214. The van der Waals surface area contributed by atoms with Crippen molar-refractivity contribution in [2.24, 2.45) is 0 Å². The molecule has 0 aliphatic carbocycles. The summed E-state index contributed by atoms with van der Waals surface area (Å²) in [6.07, 6.45) is 1.88. The Hall–Kier alpha value is -0.900. The van der Waals surface area contributed by atoms with E-state index >= 15 is 0 Å². The topological polar surface area (TPSA) is 61.2 Å². The fourth-order valence-corrected chi connectivity index (χ4v) is 2.87. The predicted molar refractivity (Wildman–Crippen MR) is 79.5 cm³/mol. The van der Waals surface area contributed by atoms with Crippen molar-refractivity contribution in [1.29, 1.82) is 5.26 Å². The Kier molecular flexibility index (Phi) is 5.98. The highest BCUT2D eigenvalue weighted by atomic mass is 79.9. The van der Waals surface area contributed by atoms with E-state index in [2.05, 4.69) is 26.9 Å². The van der Waals surface area contributed by atoms with Gasteiger partial charge in [0.25, 0.3) is 0 Å². The Balaban J connectivity index is 2.53. The fourth-order valence-electron chi connectivity index (χ4n) is 1.71. The van der Waals surface area contributed by atoms with Crippen LogP contribution in [0.4, 0.5) is 0 Å². The van der Waals surface area contributed by atoms with E-state index in [0.29, 0.717) is 12.0 Å². The van der Waals surface area contributed by atoms with Crippen LogP contribution >= 0.6 is 15.9 Å². The smallest absolute Gasteiger partial charge is 0.147 e. The van der Waals surface area contributed by atoms with Gasteiger partial charge in [0.05, 0.1) is 17.4 Å². The summed E-state index contributed by atoms with van der Waals surface area (Å²) in [5.74, 6) is 0.214. The Morgan fingerprint density at radius 3 is 2.63 bits per heavy atom. The van der Waals surface area contributed by atoms with Crippen molar-refractivity contribution in [3.8, 4) is 6.07 Å². The molecule has 0 atom stereocenters. The number of nitriles is 1. The highest BCUT2D eigenvalue weighted by molar-refractivity contribution is 9.10. The number of rotatable bonds is 6. The molecule has 0 spiro atoms. The second kappa shape index (κ2) is 7.04. The van der Waals surface area contributed by atoms with Crippen LogP contribution in [0.3, 0.4) is 0 Å². The van der Waals surface area contributed by atoms with Crippen LogP contribution in [0.25, 0.3) is 0 Å². The van der Waals surface area contributed by atoms with Gasteiger partial charge >= 0.3 is 0 Å². The van der Waals surface area contributed by atoms with Crippen LogP contribution in [0.1, 0.15) is 17.5 Å². The molecule has 4 nitrogen and oxygen atoms in total. The van der Waals surface area contributed by atoms with Gasteiger partial charge in [0.1, 0.15) is 9.84 Å². The van der Waals surface area contributed by atoms with E-state index in [0.717, 1.165) is 23.1 Å². The SMILES string of the molecule is CN(CCCS(C)(=O)=O)Cc1ccc(C#N)cc1Br. The summed E-state index contributed by atoms with van der Waals surface area (Å²) < 4.78 is 23.0. The third-order valence-electron chi connectivity index (χ3n) is 2.68. The van der Waals surface area contributed by atoms with Crippen molar-refractivity contribution < 1.29 is 8.42 Å². The van der Waals surface area contributed by atoms with Gasteiger partial charge in [0.15, 0.2) is 0 Å². The molecule has 1 aromatic carbocycles. The molecular formula is C13H17BrN2O2S. The van der Waals surface area contributed by atoms with Gasteiger partial charge in [-0.3, -0.25) is 0 Å². The van der Waals surface area contributed by atoms with Crippen LogP contribution in [-0.2, 0) is 16.4 Å². The Bertz CT molecular complexity index is 579. The van der Waals surface area contributed by atoms with Gasteiger partial charge in [-0.25, -0.2) is 8.42 Å². The molecule has 0 unspecified atom stereocenters. The number of nitrogens with zero attached hydrogens (tertiary/aromatic N) is 2. The molecule has 1 aromatic rings. The first-order valence-corrected chi connectivity index (χ1v) is 8.72. The zero-order chi connectivity index (χ0) is 14.5. The largest absolute Gasteiger partial charge is 0.302 e. The van der Waals surface area contributed by atoms with Gasteiger partial charge in [-0.15, -0.1) is 0 Å². The lowest BCUT2D eigenvalue weighted by Gasteiger charge is -2.17. The molecule has 0 N–H and O–H groups in total. The molecule has 0 heterocycles. The summed E-state index contributed by atoms with van der Waals surface area (Å²) >= 11 is 3.44. The number of hydrogen-bond acceptors (Lipinski definition) is 4. The molecular weight excluding hydrogens is 328 g/mol. The van der Waals surface area contributed by atoms with Gasteiger partial charge in [-0.1, -0.05) is 22.0 Å². The van der Waals surface area contributed by atoms with E-state index in [9.17, 15) is 8.42 Å². The minimum Gasteiger partial charge on any atom is -0.302 e. The highest BCUT2D eigenvalue weighted by Gasteiger charge is 2.07. The average Bonchev–Trinajstić information content (AvgIpc) is 2.30. The summed E-state index contributed by atoms with van der Waals surface area (Å²) in [5, 5.41) is 8.79. The first kappa shape index (κ1) is 16.2. The maximum Gasteiger partial charge on any atom is 0.147 e. The van der Waals surface area contributed by atoms with E-state index in [4.69, 9.17) is 5.26 Å². The van der Waals surface area contributed by atoms with E-state index in [-0.39, 0.29) is 5.75 Å². The Labute approximate surface area is 123 Å². The zero-order valence-corrected chi connectivity index (χ0v) is 13.5. The van der Waals surface area contributed by atoms with Crippen molar-refractivity contribution in [2.45, 2.75) is 13.0 Å². The molecule has 0 bridgehead atoms. The van der Waals surface area contributed by atoms with Crippen LogP contribution in [-0.4, -0.2) is 38.9 Å². The summed E-state index contributed by atoms with van der Waals surface area (Å²) in [6.45, 7) is 1.44. The molecule has 0 aromatic heterocycles. The van der Waals surface area contributed by atoms with Gasteiger partial charge in [0.2, 0.25) is 0 Å². The molecule has 0 saturated carbocycles. The van der Waals surface area contributed by atoms with E-state index in [1.165, 1.54) is 6.26 Å². The summed E-state index contributed by atoms with van der Waals surface area (Å²) in [4.78, 5) is 2.07. The van der Waals surface area contributed by atoms with Gasteiger partial charge < -0.3 is 4.90 Å². The minimum atomic E-state index is -2.88. The summed E-state index contributed by atoms with van der Waals surface area (Å²) in [6, 6.07) is 7.57. The fraction of sp³-hybridized carbons (Fsp3) is 0.462. The van der Waals surface area contributed by atoms with E-state index < -0.39 is 9.84 Å². The van der Waals surface area contributed by atoms with Crippen molar-refractivity contribution in [1.82, 2.24) is 4.90 Å².